The zero-order valence-electron chi connectivity index (χ0n) is 10.1. The molecule has 0 radical (unpaired) electrons. The molecule has 94 valence electrons. The topological polar surface area (TPSA) is 72.5 Å². The normalized spacial score (nSPS) is 22.1. The summed E-state index contributed by atoms with van der Waals surface area (Å²) in [6.07, 6.45) is 6.34. The van der Waals surface area contributed by atoms with Crippen LogP contribution in [0.25, 0.3) is 0 Å². The third-order valence-corrected chi connectivity index (χ3v) is 4.73. The number of hydrogen-bond donors (Lipinski definition) is 1. The molecule has 0 amide bonds. The Kier molecular flexibility index (Phi) is 4.92. The molecular weight excluding hydrogens is 224 g/mol. The SMILES string of the molecule is CC(=NCC1CCCCC1)C(C)S(N)(=O)=O. The van der Waals surface area contributed by atoms with Gasteiger partial charge in [0.2, 0.25) is 10.0 Å². The fourth-order valence-corrected chi connectivity index (χ4v) is 2.56. The molecule has 0 aromatic carbocycles. The summed E-state index contributed by atoms with van der Waals surface area (Å²) in [6.45, 7) is 4.10. The molecule has 0 aromatic rings. The van der Waals surface area contributed by atoms with Crippen molar-refractivity contribution in [1.82, 2.24) is 0 Å². The van der Waals surface area contributed by atoms with Crippen LogP contribution in [0.4, 0.5) is 0 Å². The number of aliphatic imine (C=N–C) groups is 1. The van der Waals surface area contributed by atoms with Crippen LogP contribution in [0.2, 0.25) is 0 Å². The van der Waals surface area contributed by atoms with Gasteiger partial charge in [-0.3, -0.25) is 4.99 Å². The Hall–Kier alpha value is -0.420. The summed E-state index contributed by atoms with van der Waals surface area (Å²) in [6, 6.07) is 0. The van der Waals surface area contributed by atoms with Crippen LogP contribution in [-0.4, -0.2) is 25.9 Å². The molecule has 0 bridgehead atoms. The van der Waals surface area contributed by atoms with Crippen molar-refractivity contribution < 1.29 is 8.42 Å². The maximum Gasteiger partial charge on any atom is 0.217 e. The predicted octanol–water partition coefficient (Wildman–Crippen LogP) is 1.70. The van der Waals surface area contributed by atoms with Crippen LogP contribution in [0.5, 0.6) is 0 Å². The predicted molar refractivity (Wildman–Crippen MR) is 67.1 cm³/mol. The van der Waals surface area contributed by atoms with E-state index in [1.807, 2.05) is 0 Å². The molecule has 1 atom stereocenters. The van der Waals surface area contributed by atoms with E-state index in [1.54, 1.807) is 13.8 Å². The van der Waals surface area contributed by atoms with Crippen molar-refractivity contribution in [3.8, 4) is 0 Å². The number of primary sulfonamides is 1. The van der Waals surface area contributed by atoms with Gasteiger partial charge < -0.3 is 0 Å². The van der Waals surface area contributed by atoms with Crippen molar-refractivity contribution in [3.05, 3.63) is 0 Å². The second-order valence-corrected chi connectivity index (χ2v) is 6.60. The Morgan fingerprint density at radius 3 is 2.44 bits per heavy atom. The van der Waals surface area contributed by atoms with E-state index in [2.05, 4.69) is 4.99 Å². The van der Waals surface area contributed by atoms with Crippen molar-refractivity contribution in [1.29, 1.82) is 0 Å². The lowest BCUT2D eigenvalue weighted by molar-refractivity contribution is 0.367. The van der Waals surface area contributed by atoms with Crippen molar-refractivity contribution in [2.75, 3.05) is 6.54 Å². The van der Waals surface area contributed by atoms with Gasteiger partial charge >= 0.3 is 0 Å². The molecule has 0 aliphatic heterocycles. The van der Waals surface area contributed by atoms with Crippen molar-refractivity contribution in [2.45, 2.75) is 51.2 Å². The highest BCUT2D eigenvalue weighted by atomic mass is 32.2. The first-order valence-corrected chi connectivity index (χ1v) is 7.54. The van der Waals surface area contributed by atoms with E-state index in [0.717, 1.165) is 6.54 Å². The molecule has 5 heteroatoms. The number of hydrogen-bond acceptors (Lipinski definition) is 3. The van der Waals surface area contributed by atoms with Gasteiger partial charge in [0.1, 0.15) is 5.25 Å². The lowest BCUT2D eigenvalue weighted by Crippen LogP contribution is -2.32. The highest BCUT2D eigenvalue weighted by Crippen LogP contribution is 2.23. The molecule has 0 aromatic heterocycles. The van der Waals surface area contributed by atoms with Crippen LogP contribution in [0.1, 0.15) is 46.0 Å². The van der Waals surface area contributed by atoms with Gasteiger partial charge in [0.15, 0.2) is 0 Å². The molecule has 1 saturated carbocycles. The molecule has 0 saturated heterocycles. The Balaban J connectivity index is 2.50. The number of nitrogens with zero attached hydrogens (tertiary/aromatic N) is 1. The minimum absolute atomic E-state index is 0.632. The van der Waals surface area contributed by atoms with E-state index >= 15 is 0 Å². The Labute approximate surface area is 98.4 Å². The third kappa shape index (κ3) is 4.22. The molecule has 1 aliphatic rings. The molecule has 1 rings (SSSR count). The van der Waals surface area contributed by atoms with Crippen molar-refractivity contribution in [2.24, 2.45) is 16.0 Å². The first-order chi connectivity index (χ1) is 7.41. The maximum atomic E-state index is 11.1. The third-order valence-electron chi connectivity index (χ3n) is 3.40. The van der Waals surface area contributed by atoms with E-state index in [4.69, 9.17) is 5.14 Å². The van der Waals surface area contributed by atoms with E-state index in [-0.39, 0.29) is 0 Å². The van der Waals surface area contributed by atoms with Gasteiger partial charge in [-0.25, -0.2) is 13.6 Å². The fraction of sp³-hybridized carbons (Fsp3) is 0.909. The van der Waals surface area contributed by atoms with Crippen LogP contribution < -0.4 is 5.14 Å². The quantitative estimate of drug-likeness (QED) is 0.767. The molecule has 2 N–H and O–H groups in total. The first-order valence-electron chi connectivity index (χ1n) is 5.94. The van der Waals surface area contributed by atoms with E-state index < -0.39 is 15.3 Å². The highest BCUT2D eigenvalue weighted by Gasteiger charge is 2.19. The summed E-state index contributed by atoms with van der Waals surface area (Å²) in [5.41, 5.74) is 0.632. The second-order valence-electron chi connectivity index (χ2n) is 4.72. The van der Waals surface area contributed by atoms with Gasteiger partial charge in [-0.2, -0.15) is 0 Å². The monoisotopic (exact) mass is 246 g/mol. The van der Waals surface area contributed by atoms with Crippen LogP contribution in [0.15, 0.2) is 4.99 Å². The van der Waals surface area contributed by atoms with Gasteiger partial charge in [-0.05, 0) is 32.6 Å². The minimum atomic E-state index is -3.49. The van der Waals surface area contributed by atoms with E-state index in [1.165, 1.54) is 32.1 Å². The van der Waals surface area contributed by atoms with Gasteiger partial charge in [-0.15, -0.1) is 0 Å². The van der Waals surface area contributed by atoms with Gasteiger partial charge in [0, 0.05) is 12.3 Å². The standard InChI is InChI=1S/C11H22N2O2S/c1-9(10(2)16(12,14)15)13-8-11-6-4-3-5-7-11/h10-11H,3-8H2,1-2H3,(H2,12,14,15). The summed E-state index contributed by atoms with van der Waals surface area (Å²) in [7, 11) is -3.49. The first kappa shape index (κ1) is 13.6. The molecule has 1 aliphatic carbocycles. The smallest absolute Gasteiger partial charge is 0.217 e. The zero-order valence-corrected chi connectivity index (χ0v) is 11.0. The zero-order chi connectivity index (χ0) is 12.2. The summed E-state index contributed by atoms with van der Waals surface area (Å²) in [5.74, 6) is 0.636. The van der Waals surface area contributed by atoms with Crippen LogP contribution in [0, 0.1) is 5.92 Å². The number of nitrogens with two attached hydrogens (primary N) is 1. The summed E-state index contributed by atoms with van der Waals surface area (Å²) >= 11 is 0. The van der Waals surface area contributed by atoms with Crippen LogP contribution in [-0.2, 0) is 10.0 Å². The molecular formula is C11H22N2O2S. The summed E-state index contributed by atoms with van der Waals surface area (Å²) in [5, 5.41) is 4.42. The average Bonchev–Trinajstić information content (AvgIpc) is 2.25. The lowest BCUT2D eigenvalue weighted by atomic mass is 9.89. The van der Waals surface area contributed by atoms with E-state index in [0.29, 0.717) is 11.6 Å². The van der Waals surface area contributed by atoms with Gasteiger partial charge in [0.25, 0.3) is 0 Å². The molecule has 0 spiro atoms. The molecule has 1 fully saturated rings. The maximum absolute atomic E-state index is 11.1. The Morgan fingerprint density at radius 1 is 1.38 bits per heavy atom. The molecule has 4 nitrogen and oxygen atoms in total. The van der Waals surface area contributed by atoms with E-state index in [9.17, 15) is 8.42 Å². The summed E-state index contributed by atoms with van der Waals surface area (Å²) < 4.78 is 22.2. The summed E-state index contributed by atoms with van der Waals surface area (Å²) in [4.78, 5) is 4.37. The number of rotatable bonds is 4. The Morgan fingerprint density at radius 2 is 1.94 bits per heavy atom. The van der Waals surface area contributed by atoms with Crippen molar-refractivity contribution in [3.63, 3.8) is 0 Å². The lowest BCUT2D eigenvalue weighted by Gasteiger charge is -2.20. The fourth-order valence-electron chi connectivity index (χ4n) is 2.01. The highest BCUT2D eigenvalue weighted by molar-refractivity contribution is 7.90. The van der Waals surface area contributed by atoms with Gasteiger partial charge in [0.05, 0.1) is 0 Å². The van der Waals surface area contributed by atoms with Gasteiger partial charge in [-0.1, -0.05) is 19.3 Å². The molecule has 0 heterocycles. The second kappa shape index (κ2) is 5.77. The largest absolute Gasteiger partial charge is 0.293 e. The van der Waals surface area contributed by atoms with Crippen LogP contribution in [0.3, 0.4) is 0 Å². The molecule has 1 unspecified atom stereocenters. The van der Waals surface area contributed by atoms with Crippen LogP contribution >= 0.6 is 0 Å². The average molecular weight is 246 g/mol. The molecule has 16 heavy (non-hydrogen) atoms. The van der Waals surface area contributed by atoms with Crippen molar-refractivity contribution >= 4 is 15.7 Å². The number of sulfonamides is 1. The minimum Gasteiger partial charge on any atom is -0.293 e. The Bertz CT molecular complexity index is 343.